The summed E-state index contributed by atoms with van der Waals surface area (Å²) < 4.78 is 7.86. The molecule has 2 amide bonds. The first-order chi connectivity index (χ1) is 20.0. The molecule has 1 aliphatic carbocycles. The lowest BCUT2D eigenvalue weighted by molar-refractivity contribution is -0.134. The maximum atomic E-state index is 13.3. The molecule has 3 aliphatic heterocycles. The Morgan fingerprint density at radius 2 is 1.62 bits per heavy atom. The van der Waals surface area contributed by atoms with E-state index in [9.17, 15) is 9.59 Å². The van der Waals surface area contributed by atoms with Gasteiger partial charge in [0, 0.05) is 53.7 Å². The Kier molecular flexibility index (Phi) is 11.3. The molecule has 2 fully saturated rings. The molecule has 1 N–H and O–H groups in total. The van der Waals surface area contributed by atoms with Gasteiger partial charge in [0.2, 0.25) is 5.91 Å². The van der Waals surface area contributed by atoms with Crippen LogP contribution in [0.2, 0.25) is 0 Å². The van der Waals surface area contributed by atoms with Gasteiger partial charge in [0.25, 0.3) is 0 Å². The minimum atomic E-state index is -0.484. The van der Waals surface area contributed by atoms with Gasteiger partial charge in [-0.15, -0.1) is 0 Å². The largest absolute Gasteiger partial charge is 0.444 e. The molecule has 0 aromatic heterocycles. The Hall–Kier alpha value is -1.80. The number of benzene rings is 1. The maximum absolute atomic E-state index is 13.3. The van der Waals surface area contributed by atoms with Gasteiger partial charge in [-0.25, -0.2) is 4.79 Å². The Morgan fingerprint density at radius 1 is 0.976 bits per heavy atom. The number of carbonyl (C=O) groups excluding carboxylic acids is 2. The van der Waals surface area contributed by atoms with Gasteiger partial charge < -0.3 is 19.9 Å². The summed E-state index contributed by atoms with van der Waals surface area (Å²) in [4.78, 5) is 29.6. The Bertz CT molecular complexity index is 1190. The average molecular weight is 708 g/mol. The van der Waals surface area contributed by atoms with Crippen molar-refractivity contribution < 1.29 is 14.3 Å². The highest BCUT2D eigenvalue weighted by Crippen LogP contribution is 2.46. The van der Waals surface area contributed by atoms with Crippen molar-refractivity contribution in [3.8, 4) is 0 Å². The molecule has 0 spiro atoms. The summed E-state index contributed by atoms with van der Waals surface area (Å²) in [5.41, 5.74) is 5.20. The zero-order chi connectivity index (χ0) is 30.6. The van der Waals surface area contributed by atoms with Crippen LogP contribution in [-0.4, -0.2) is 59.6 Å². The first-order valence-electron chi connectivity index (χ1n) is 15.9. The van der Waals surface area contributed by atoms with E-state index in [0.717, 1.165) is 56.1 Å². The van der Waals surface area contributed by atoms with Crippen LogP contribution in [0.1, 0.15) is 95.8 Å². The van der Waals surface area contributed by atoms with Crippen molar-refractivity contribution in [1.29, 1.82) is 0 Å². The molecule has 1 aromatic rings. The van der Waals surface area contributed by atoms with E-state index >= 15 is 0 Å². The fraction of sp³-hybridized carbons (Fsp3) is 0.647. The lowest BCUT2D eigenvalue weighted by Crippen LogP contribution is -2.45. The molecular formula is C34H49Br2N3O3. The molecule has 2 atom stereocenters. The van der Waals surface area contributed by atoms with E-state index in [1.165, 1.54) is 26.7 Å². The third kappa shape index (κ3) is 8.02. The fourth-order valence-electron chi connectivity index (χ4n) is 7.04. The summed E-state index contributed by atoms with van der Waals surface area (Å²) in [5, 5.41) is 3.74. The molecule has 8 heteroatoms. The van der Waals surface area contributed by atoms with Crippen LogP contribution >= 0.6 is 31.9 Å². The van der Waals surface area contributed by atoms with Crippen LogP contribution < -0.4 is 5.32 Å². The minimum absolute atomic E-state index is 0.241. The zero-order valence-corrected chi connectivity index (χ0v) is 29.4. The van der Waals surface area contributed by atoms with Crippen LogP contribution in [0.4, 0.5) is 4.79 Å². The Morgan fingerprint density at radius 3 is 2.26 bits per heavy atom. The van der Waals surface area contributed by atoms with E-state index in [-0.39, 0.29) is 18.0 Å². The molecule has 0 saturated carbocycles. The number of piperidine rings is 2. The lowest BCUT2D eigenvalue weighted by Gasteiger charge is -2.41. The second kappa shape index (κ2) is 14.3. The lowest BCUT2D eigenvalue weighted by atomic mass is 9.73. The second-order valence-electron chi connectivity index (χ2n) is 13.1. The molecule has 2 saturated heterocycles. The number of halogens is 2. The number of hydrogen-bond donors (Lipinski definition) is 1. The quantitative estimate of drug-likeness (QED) is 0.344. The molecule has 2 unspecified atom stereocenters. The van der Waals surface area contributed by atoms with Crippen LogP contribution in [-0.2, 0) is 16.0 Å². The van der Waals surface area contributed by atoms with Crippen molar-refractivity contribution in [2.45, 2.75) is 104 Å². The molecule has 6 nitrogen and oxygen atoms in total. The molecule has 3 heterocycles. The van der Waals surface area contributed by atoms with Gasteiger partial charge in [0.05, 0.1) is 6.04 Å². The van der Waals surface area contributed by atoms with Crippen molar-refractivity contribution in [2.75, 3.05) is 26.2 Å². The molecule has 42 heavy (non-hydrogen) atoms. The first kappa shape index (κ1) is 33.1. The predicted molar refractivity (Wildman–Crippen MR) is 178 cm³/mol. The van der Waals surface area contributed by atoms with Gasteiger partial charge in [-0.05, 0) is 128 Å². The van der Waals surface area contributed by atoms with Crippen molar-refractivity contribution in [3.63, 3.8) is 0 Å². The average Bonchev–Trinajstić information content (AvgIpc) is 3.10. The van der Waals surface area contributed by atoms with E-state index < -0.39 is 5.60 Å². The smallest absolute Gasteiger partial charge is 0.410 e. The molecule has 0 bridgehead atoms. The van der Waals surface area contributed by atoms with Crippen molar-refractivity contribution in [2.24, 2.45) is 11.8 Å². The summed E-state index contributed by atoms with van der Waals surface area (Å²) >= 11 is 7.63. The van der Waals surface area contributed by atoms with E-state index in [1.54, 1.807) is 4.90 Å². The standard InChI is InChI=1S/C32H43Br2N3O3.C2H6/c1-20-15-23-5-6-24-18-25(33)19-35-30(24)29(28(23)26(34)16-20)22-9-13-36(14-10-22)27(38)17-21-7-11-37(12-8-21)31(39)40-32(2,3)4;1-2/h15-16,18-19,21-22,29-30,35H,5-14,17H2,1-4H3;1-2H3. The summed E-state index contributed by atoms with van der Waals surface area (Å²) in [6, 6.07) is 4.92. The zero-order valence-electron chi connectivity index (χ0n) is 26.3. The van der Waals surface area contributed by atoms with Crippen LogP contribution in [0, 0.1) is 18.8 Å². The van der Waals surface area contributed by atoms with Crippen LogP contribution in [0.5, 0.6) is 0 Å². The molecule has 232 valence electrons. The van der Waals surface area contributed by atoms with Crippen LogP contribution in [0.15, 0.2) is 38.9 Å². The maximum Gasteiger partial charge on any atom is 0.410 e. The number of hydrogen-bond acceptors (Lipinski definition) is 4. The topological polar surface area (TPSA) is 61.9 Å². The van der Waals surface area contributed by atoms with E-state index in [1.807, 2.05) is 34.6 Å². The minimum Gasteiger partial charge on any atom is -0.444 e. The number of amides is 2. The van der Waals surface area contributed by atoms with Gasteiger partial charge in [-0.3, -0.25) is 4.79 Å². The number of nitrogens with one attached hydrogen (secondary N) is 1. The van der Waals surface area contributed by atoms with Crippen molar-refractivity contribution >= 4 is 43.9 Å². The summed E-state index contributed by atoms with van der Waals surface area (Å²) in [7, 11) is 0. The normalized spacial score (nSPS) is 23.2. The van der Waals surface area contributed by atoms with Crippen molar-refractivity contribution in [3.05, 3.63) is 55.6 Å². The third-order valence-corrected chi connectivity index (χ3v) is 10.1. The SMILES string of the molecule is CC.Cc1cc(Br)c2c(c1)CCC1=CC(Br)=CNC1C2C1CCN(C(=O)CC2CCN(C(=O)OC(C)(C)C)CC2)CC1. The number of carbonyl (C=O) groups is 2. The molecule has 5 rings (SSSR count). The molecule has 1 aromatic carbocycles. The highest BCUT2D eigenvalue weighted by Gasteiger charge is 2.40. The number of nitrogens with zero attached hydrogens (tertiary/aromatic N) is 2. The number of dihydropyridines is 1. The summed E-state index contributed by atoms with van der Waals surface area (Å²) in [6.07, 6.45) is 10.6. The number of fused-ring (bicyclic) bond motifs is 2. The van der Waals surface area contributed by atoms with E-state index in [4.69, 9.17) is 4.74 Å². The van der Waals surface area contributed by atoms with Gasteiger partial charge in [-0.2, -0.15) is 0 Å². The molecule has 4 aliphatic rings. The predicted octanol–water partition coefficient (Wildman–Crippen LogP) is 8.22. The monoisotopic (exact) mass is 705 g/mol. The van der Waals surface area contributed by atoms with Gasteiger partial charge in [0.15, 0.2) is 0 Å². The number of ether oxygens (including phenoxy) is 1. The summed E-state index contributed by atoms with van der Waals surface area (Å²) in [6.45, 7) is 14.8. The first-order valence-corrected chi connectivity index (χ1v) is 17.4. The fourth-order valence-corrected chi connectivity index (χ4v) is 8.34. The second-order valence-corrected chi connectivity index (χ2v) is 14.8. The highest BCUT2D eigenvalue weighted by atomic mass is 79.9. The third-order valence-electron chi connectivity index (χ3n) is 8.99. The van der Waals surface area contributed by atoms with Crippen LogP contribution in [0.3, 0.4) is 0 Å². The van der Waals surface area contributed by atoms with Gasteiger partial charge in [-0.1, -0.05) is 35.8 Å². The van der Waals surface area contributed by atoms with Crippen LogP contribution in [0.25, 0.3) is 0 Å². The Labute approximate surface area is 269 Å². The number of likely N-dealkylation sites (tertiary alicyclic amines) is 2. The van der Waals surface area contributed by atoms with Gasteiger partial charge in [0.1, 0.15) is 5.60 Å². The summed E-state index contributed by atoms with van der Waals surface area (Å²) in [5.74, 6) is 1.48. The molecule has 0 radical (unpaired) electrons. The number of rotatable bonds is 3. The Balaban J connectivity index is 0.00000198. The van der Waals surface area contributed by atoms with Crippen molar-refractivity contribution in [1.82, 2.24) is 15.1 Å². The van der Waals surface area contributed by atoms with Gasteiger partial charge >= 0.3 is 6.09 Å². The number of allylic oxidation sites excluding steroid dienone is 2. The van der Waals surface area contributed by atoms with E-state index in [2.05, 4.69) is 73.4 Å². The van der Waals surface area contributed by atoms with E-state index in [0.29, 0.717) is 37.3 Å². The highest BCUT2D eigenvalue weighted by molar-refractivity contribution is 9.12. The molecular weight excluding hydrogens is 658 g/mol. The number of aryl methyl sites for hydroxylation is 2.